The molecule has 0 aliphatic heterocycles. The summed E-state index contributed by atoms with van der Waals surface area (Å²) in [6.45, 7) is 5.78. The second kappa shape index (κ2) is 8.50. The molecule has 0 heterocycles. The molecule has 96 valence electrons. The average Bonchev–Trinajstić information content (AvgIpc) is 2.28. The van der Waals surface area contributed by atoms with Crippen molar-refractivity contribution in [1.29, 1.82) is 0 Å². The highest BCUT2D eigenvalue weighted by molar-refractivity contribution is 5.76. The van der Waals surface area contributed by atoms with Gasteiger partial charge in [0.25, 0.3) is 0 Å². The summed E-state index contributed by atoms with van der Waals surface area (Å²) in [5.41, 5.74) is 4.95. The minimum absolute atomic E-state index is 0.257. The van der Waals surface area contributed by atoms with E-state index in [0.717, 1.165) is 0 Å². The van der Waals surface area contributed by atoms with E-state index in [0.29, 0.717) is 32.8 Å². The van der Waals surface area contributed by atoms with E-state index in [-0.39, 0.29) is 12.5 Å². The number of hydrogen-bond acceptors (Lipinski definition) is 5. The number of carbonyl (C=O) groups excluding carboxylic acids is 1. The Morgan fingerprint density at radius 2 is 2.00 bits per heavy atom. The van der Waals surface area contributed by atoms with Gasteiger partial charge in [-0.1, -0.05) is 0 Å². The fourth-order valence-corrected chi connectivity index (χ4v) is 1.13. The molecule has 0 aromatic heterocycles. The Hall–Kier alpha value is -0.650. The van der Waals surface area contributed by atoms with Crippen molar-refractivity contribution < 1.29 is 19.0 Å². The molecule has 0 fully saturated rings. The van der Waals surface area contributed by atoms with Crippen molar-refractivity contribution in [2.75, 3.05) is 40.1 Å². The molecule has 0 spiro atoms. The maximum Gasteiger partial charge on any atom is 0.313 e. The van der Waals surface area contributed by atoms with Crippen LogP contribution in [0.2, 0.25) is 0 Å². The largest absolute Gasteiger partial charge is 0.466 e. The molecule has 0 aliphatic rings. The van der Waals surface area contributed by atoms with Gasteiger partial charge in [-0.05, 0) is 20.3 Å². The lowest BCUT2D eigenvalue weighted by molar-refractivity contribution is -0.155. The topological polar surface area (TPSA) is 70.8 Å². The number of methoxy groups -OCH3 is 1. The molecule has 0 aromatic rings. The molecule has 0 saturated carbocycles. The summed E-state index contributed by atoms with van der Waals surface area (Å²) >= 11 is 0. The fraction of sp³-hybridized carbons (Fsp3) is 0.909. The van der Waals surface area contributed by atoms with E-state index < -0.39 is 5.41 Å². The lowest BCUT2D eigenvalue weighted by Crippen LogP contribution is -2.38. The van der Waals surface area contributed by atoms with Crippen molar-refractivity contribution in [1.82, 2.24) is 0 Å². The molecule has 5 nitrogen and oxygen atoms in total. The predicted molar refractivity (Wildman–Crippen MR) is 61.1 cm³/mol. The van der Waals surface area contributed by atoms with Gasteiger partial charge in [-0.3, -0.25) is 4.79 Å². The van der Waals surface area contributed by atoms with Crippen LogP contribution in [-0.2, 0) is 19.0 Å². The van der Waals surface area contributed by atoms with Gasteiger partial charge >= 0.3 is 5.97 Å². The number of nitrogens with two attached hydrogens (primary N) is 1. The van der Waals surface area contributed by atoms with Crippen LogP contribution < -0.4 is 5.73 Å². The summed E-state index contributed by atoms with van der Waals surface area (Å²) in [5, 5.41) is 0. The first-order valence-electron chi connectivity index (χ1n) is 5.54. The normalized spacial score (nSPS) is 14.5. The van der Waals surface area contributed by atoms with Gasteiger partial charge in [0.1, 0.15) is 0 Å². The number of ether oxygens (including phenoxy) is 3. The van der Waals surface area contributed by atoms with Crippen LogP contribution in [0.3, 0.4) is 0 Å². The van der Waals surface area contributed by atoms with Crippen LogP contribution in [0.5, 0.6) is 0 Å². The van der Waals surface area contributed by atoms with Gasteiger partial charge in [-0.15, -0.1) is 0 Å². The lowest BCUT2D eigenvalue weighted by Gasteiger charge is -2.25. The van der Waals surface area contributed by atoms with E-state index in [1.54, 1.807) is 21.0 Å². The zero-order valence-electron chi connectivity index (χ0n) is 10.5. The Bertz CT molecular complexity index is 198. The molecule has 0 aliphatic carbocycles. The highest BCUT2D eigenvalue weighted by Gasteiger charge is 2.32. The molecule has 0 saturated heterocycles. The molecule has 5 heteroatoms. The Morgan fingerprint density at radius 1 is 1.31 bits per heavy atom. The standard InChI is InChI=1S/C11H23NO4/c1-4-16-10(13)11(2,9-12)5-6-15-8-7-14-3/h4-9,12H2,1-3H3. The van der Waals surface area contributed by atoms with Gasteiger partial charge < -0.3 is 19.9 Å². The highest BCUT2D eigenvalue weighted by Crippen LogP contribution is 2.21. The molecule has 0 radical (unpaired) electrons. The molecule has 0 bridgehead atoms. The minimum atomic E-state index is -0.650. The van der Waals surface area contributed by atoms with E-state index in [2.05, 4.69) is 0 Å². The first-order chi connectivity index (χ1) is 7.60. The van der Waals surface area contributed by atoms with E-state index in [4.69, 9.17) is 19.9 Å². The quantitative estimate of drug-likeness (QED) is 0.465. The van der Waals surface area contributed by atoms with Gasteiger partial charge in [0.15, 0.2) is 0 Å². The molecule has 0 rings (SSSR count). The van der Waals surface area contributed by atoms with Crippen LogP contribution in [0.1, 0.15) is 20.3 Å². The Labute approximate surface area is 97.2 Å². The molecular formula is C11H23NO4. The summed E-state index contributed by atoms with van der Waals surface area (Å²) in [6.07, 6.45) is 0.562. The summed E-state index contributed by atoms with van der Waals surface area (Å²) in [7, 11) is 1.62. The number of rotatable bonds is 9. The van der Waals surface area contributed by atoms with E-state index in [9.17, 15) is 4.79 Å². The van der Waals surface area contributed by atoms with Crippen molar-refractivity contribution in [3.8, 4) is 0 Å². The molecule has 0 aromatic carbocycles. The Kier molecular flexibility index (Phi) is 8.15. The van der Waals surface area contributed by atoms with Gasteiger partial charge in [-0.25, -0.2) is 0 Å². The third-order valence-electron chi connectivity index (χ3n) is 2.45. The van der Waals surface area contributed by atoms with Crippen molar-refractivity contribution in [3.05, 3.63) is 0 Å². The fourth-order valence-electron chi connectivity index (χ4n) is 1.13. The number of hydrogen-bond donors (Lipinski definition) is 1. The third-order valence-corrected chi connectivity index (χ3v) is 2.45. The SMILES string of the molecule is CCOC(=O)C(C)(CN)CCOCCOC. The van der Waals surface area contributed by atoms with Crippen molar-refractivity contribution in [2.45, 2.75) is 20.3 Å². The van der Waals surface area contributed by atoms with E-state index in [1.165, 1.54) is 0 Å². The number of carbonyl (C=O) groups is 1. The van der Waals surface area contributed by atoms with Crippen LogP contribution >= 0.6 is 0 Å². The maximum atomic E-state index is 11.6. The summed E-state index contributed by atoms with van der Waals surface area (Å²) < 4.78 is 15.1. The van der Waals surface area contributed by atoms with Crippen LogP contribution in [0.25, 0.3) is 0 Å². The Balaban J connectivity index is 3.92. The molecule has 16 heavy (non-hydrogen) atoms. The predicted octanol–water partition coefficient (Wildman–Crippen LogP) is 0.568. The minimum Gasteiger partial charge on any atom is -0.466 e. The van der Waals surface area contributed by atoms with E-state index >= 15 is 0 Å². The van der Waals surface area contributed by atoms with Crippen LogP contribution in [0, 0.1) is 5.41 Å². The second-order valence-electron chi connectivity index (χ2n) is 3.84. The summed E-state index contributed by atoms with van der Waals surface area (Å²) in [4.78, 5) is 11.6. The van der Waals surface area contributed by atoms with Crippen LogP contribution in [-0.4, -0.2) is 46.1 Å². The zero-order chi connectivity index (χ0) is 12.4. The zero-order valence-corrected chi connectivity index (χ0v) is 10.5. The smallest absolute Gasteiger partial charge is 0.313 e. The van der Waals surface area contributed by atoms with Gasteiger partial charge in [0.05, 0.1) is 25.2 Å². The Morgan fingerprint density at radius 3 is 2.50 bits per heavy atom. The van der Waals surface area contributed by atoms with Crippen molar-refractivity contribution in [2.24, 2.45) is 11.1 Å². The highest BCUT2D eigenvalue weighted by atomic mass is 16.5. The summed E-state index contributed by atoms with van der Waals surface area (Å²) in [6, 6.07) is 0. The second-order valence-corrected chi connectivity index (χ2v) is 3.84. The van der Waals surface area contributed by atoms with Crippen LogP contribution in [0.15, 0.2) is 0 Å². The maximum absolute atomic E-state index is 11.6. The van der Waals surface area contributed by atoms with Crippen LogP contribution in [0.4, 0.5) is 0 Å². The van der Waals surface area contributed by atoms with Gasteiger partial charge in [0, 0.05) is 20.3 Å². The van der Waals surface area contributed by atoms with E-state index in [1.807, 2.05) is 0 Å². The summed E-state index contributed by atoms with van der Waals surface area (Å²) in [5.74, 6) is -0.257. The van der Waals surface area contributed by atoms with Crippen molar-refractivity contribution in [3.63, 3.8) is 0 Å². The average molecular weight is 233 g/mol. The molecule has 2 N–H and O–H groups in total. The third kappa shape index (κ3) is 5.44. The van der Waals surface area contributed by atoms with Gasteiger partial charge in [-0.2, -0.15) is 0 Å². The van der Waals surface area contributed by atoms with Gasteiger partial charge in [0.2, 0.25) is 0 Å². The van der Waals surface area contributed by atoms with Crippen molar-refractivity contribution >= 4 is 5.97 Å². The molecule has 1 unspecified atom stereocenters. The molecular weight excluding hydrogens is 210 g/mol. The molecule has 0 amide bonds. The monoisotopic (exact) mass is 233 g/mol. The first kappa shape index (κ1) is 15.3. The number of esters is 1. The lowest BCUT2D eigenvalue weighted by atomic mass is 9.87. The molecule has 1 atom stereocenters. The first-order valence-corrected chi connectivity index (χ1v) is 5.54.